The molecule has 0 aromatic rings. The summed E-state index contributed by atoms with van der Waals surface area (Å²) in [6, 6.07) is 0. The maximum absolute atomic E-state index is 10.8. The third-order valence-electron chi connectivity index (χ3n) is 1.07. The molecule has 0 saturated heterocycles. The summed E-state index contributed by atoms with van der Waals surface area (Å²) in [5.74, 6) is 0.00468. The molecule has 86 valence electrons. The summed E-state index contributed by atoms with van der Waals surface area (Å²) >= 11 is 0. The molecule has 0 aromatic heterocycles. The standard InChI is InChI=1S/C5H13O7P2/c1-5(2)3-4-11-14(9,10)12-13(6,7)8/h5H,1,3-4H2,2H3,(H,9,10)(H2,6,7,8)/q-1. The van der Waals surface area contributed by atoms with Gasteiger partial charge in [0, 0.05) is 0 Å². The smallest absolute Gasteiger partial charge is 0.340 e. The van der Waals surface area contributed by atoms with Crippen LogP contribution in [0.15, 0.2) is 0 Å². The van der Waals surface area contributed by atoms with Crippen molar-refractivity contribution in [1.29, 1.82) is 0 Å². The molecule has 0 aliphatic rings. The molecule has 0 spiro atoms. The van der Waals surface area contributed by atoms with Gasteiger partial charge in [-0.05, 0) is 0 Å². The number of phosphoric ester groups is 1. The second-order valence-electron chi connectivity index (χ2n) is 2.77. The highest BCUT2D eigenvalue weighted by molar-refractivity contribution is 7.60. The van der Waals surface area contributed by atoms with Crippen molar-refractivity contribution < 1.29 is 32.6 Å². The molecule has 0 bridgehead atoms. The van der Waals surface area contributed by atoms with Crippen molar-refractivity contribution in [2.75, 3.05) is 6.61 Å². The van der Waals surface area contributed by atoms with E-state index in [2.05, 4.69) is 15.8 Å². The zero-order chi connectivity index (χ0) is 11.4. The highest BCUT2D eigenvalue weighted by Gasteiger charge is 2.31. The van der Waals surface area contributed by atoms with E-state index in [-0.39, 0.29) is 12.5 Å². The van der Waals surface area contributed by atoms with Gasteiger partial charge in [-0.3, -0.25) is 4.52 Å². The minimum Gasteiger partial charge on any atom is -0.340 e. The summed E-state index contributed by atoms with van der Waals surface area (Å²) in [4.78, 5) is 25.2. The Kier molecular flexibility index (Phi) is 5.47. The third kappa shape index (κ3) is 8.84. The van der Waals surface area contributed by atoms with Gasteiger partial charge in [0.2, 0.25) is 0 Å². The van der Waals surface area contributed by atoms with Crippen LogP contribution in [-0.4, -0.2) is 21.3 Å². The molecule has 0 aromatic carbocycles. The molecular weight excluding hydrogens is 234 g/mol. The fourth-order valence-electron chi connectivity index (χ4n) is 0.527. The van der Waals surface area contributed by atoms with Crippen LogP contribution >= 0.6 is 15.6 Å². The van der Waals surface area contributed by atoms with Crippen LogP contribution in [0.2, 0.25) is 0 Å². The zero-order valence-corrected chi connectivity index (χ0v) is 9.36. The number of phosphoric acid groups is 2. The average molecular weight is 247 g/mol. The van der Waals surface area contributed by atoms with Gasteiger partial charge in [0.05, 0.1) is 6.61 Å². The van der Waals surface area contributed by atoms with E-state index in [4.69, 9.17) is 14.7 Å². The summed E-state index contributed by atoms with van der Waals surface area (Å²) in [6.45, 7) is 5.19. The molecule has 7 nitrogen and oxygen atoms in total. The average Bonchev–Trinajstić information content (AvgIpc) is 1.78. The first-order chi connectivity index (χ1) is 6.12. The van der Waals surface area contributed by atoms with Crippen molar-refractivity contribution in [3.05, 3.63) is 6.92 Å². The molecule has 3 N–H and O–H groups in total. The highest BCUT2D eigenvalue weighted by Crippen LogP contribution is 2.57. The first-order valence-corrected chi connectivity index (χ1v) is 6.72. The van der Waals surface area contributed by atoms with Crippen LogP contribution in [0, 0.1) is 12.8 Å². The van der Waals surface area contributed by atoms with Crippen LogP contribution < -0.4 is 0 Å². The lowest BCUT2D eigenvalue weighted by atomic mass is 10.2. The predicted molar refractivity (Wildman–Crippen MR) is 48.0 cm³/mol. The van der Waals surface area contributed by atoms with E-state index in [9.17, 15) is 9.13 Å². The summed E-state index contributed by atoms with van der Waals surface area (Å²) in [5.41, 5.74) is 0. The maximum Gasteiger partial charge on any atom is 0.481 e. The summed E-state index contributed by atoms with van der Waals surface area (Å²) in [5, 5.41) is 0. The van der Waals surface area contributed by atoms with Gasteiger partial charge in [0.1, 0.15) is 0 Å². The Morgan fingerprint density at radius 3 is 2.21 bits per heavy atom. The third-order valence-corrected chi connectivity index (χ3v) is 3.26. The molecule has 2 atom stereocenters. The van der Waals surface area contributed by atoms with Gasteiger partial charge >= 0.3 is 15.6 Å². The van der Waals surface area contributed by atoms with E-state index in [1.807, 2.05) is 0 Å². The second kappa shape index (κ2) is 5.37. The van der Waals surface area contributed by atoms with E-state index in [0.29, 0.717) is 6.42 Å². The van der Waals surface area contributed by atoms with E-state index in [0.717, 1.165) is 0 Å². The quantitative estimate of drug-likeness (QED) is 0.475. The van der Waals surface area contributed by atoms with Crippen molar-refractivity contribution in [3.63, 3.8) is 0 Å². The van der Waals surface area contributed by atoms with Gasteiger partial charge in [-0.2, -0.15) is 10.2 Å². The Morgan fingerprint density at radius 1 is 1.36 bits per heavy atom. The Labute approximate surface area is 81.9 Å². The van der Waals surface area contributed by atoms with Crippen molar-refractivity contribution >= 4 is 15.6 Å². The molecule has 0 saturated carbocycles. The van der Waals surface area contributed by atoms with Gasteiger partial charge in [0.15, 0.2) is 0 Å². The molecule has 14 heavy (non-hydrogen) atoms. The topological polar surface area (TPSA) is 113 Å². The van der Waals surface area contributed by atoms with Crippen LogP contribution in [0.25, 0.3) is 0 Å². The van der Waals surface area contributed by atoms with Crippen LogP contribution in [0.1, 0.15) is 13.3 Å². The minimum atomic E-state index is -5.00. The van der Waals surface area contributed by atoms with Crippen molar-refractivity contribution in [3.8, 4) is 0 Å². The molecule has 0 heterocycles. The fourth-order valence-corrected chi connectivity index (χ4v) is 2.13. The molecule has 0 amide bonds. The van der Waals surface area contributed by atoms with Gasteiger partial charge in [0.25, 0.3) is 0 Å². The van der Waals surface area contributed by atoms with Crippen molar-refractivity contribution in [2.24, 2.45) is 5.92 Å². The van der Waals surface area contributed by atoms with E-state index < -0.39 is 15.6 Å². The fraction of sp³-hybridized carbons (Fsp3) is 0.800. The van der Waals surface area contributed by atoms with Gasteiger partial charge in [-0.25, -0.2) is 9.13 Å². The predicted octanol–water partition coefficient (Wildman–Crippen LogP) is 1.07. The Balaban J connectivity index is 3.97. The normalized spacial score (nSPS) is 18.9. The SMILES string of the molecule is [CH2-]C(C)CCOP(=O)(O)OP(=O)(O)O. The Bertz CT molecular complexity index is 257. The van der Waals surface area contributed by atoms with Crippen LogP contribution in [0.5, 0.6) is 0 Å². The molecule has 2 unspecified atom stereocenters. The summed E-state index contributed by atoms with van der Waals surface area (Å²) < 4.78 is 28.8. The Hall–Kier alpha value is 0.260. The molecule has 0 aliphatic carbocycles. The van der Waals surface area contributed by atoms with E-state index >= 15 is 0 Å². The number of hydrogen-bond acceptors (Lipinski definition) is 4. The van der Waals surface area contributed by atoms with Crippen molar-refractivity contribution in [1.82, 2.24) is 0 Å². The van der Waals surface area contributed by atoms with E-state index in [1.54, 1.807) is 6.92 Å². The first kappa shape index (κ1) is 14.3. The lowest BCUT2D eigenvalue weighted by Crippen LogP contribution is -1.99. The second-order valence-corrected chi connectivity index (χ2v) is 5.60. The molecule has 0 aliphatic heterocycles. The lowest BCUT2D eigenvalue weighted by molar-refractivity contribution is 0.173. The molecule has 0 fully saturated rings. The van der Waals surface area contributed by atoms with Crippen molar-refractivity contribution in [2.45, 2.75) is 13.3 Å². The summed E-state index contributed by atoms with van der Waals surface area (Å²) in [6.07, 6.45) is 0.384. The minimum absolute atomic E-state index is 0.00468. The van der Waals surface area contributed by atoms with Crippen LogP contribution in [0.3, 0.4) is 0 Å². The van der Waals surface area contributed by atoms with Crippen LogP contribution in [-0.2, 0) is 18.0 Å². The first-order valence-electron chi connectivity index (χ1n) is 3.70. The highest BCUT2D eigenvalue weighted by atomic mass is 31.3. The molecule has 9 heteroatoms. The lowest BCUT2D eigenvalue weighted by Gasteiger charge is -2.14. The monoisotopic (exact) mass is 247 g/mol. The molecule has 0 rings (SSSR count). The number of hydrogen-bond donors (Lipinski definition) is 3. The largest absolute Gasteiger partial charge is 0.481 e. The van der Waals surface area contributed by atoms with E-state index in [1.165, 1.54) is 0 Å². The zero-order valence-electron chi connectivity index (χ0n) is 7.57. The molecular formula is C5H13O7P2-. The summed E-state index contributed by atoms with van der Waals surface area (Å²) in [7, 11) is -9.67. The Morgan fingerprint density at radius 2 is 1.86 bits per heavy atom. The van der Waals surface area contributed by atoms with Gasteiger partial charge in [-0.1, -0.05) is 13.3 Å². The van der Waals surface area contributed by atoms with Gasteiger partial charge in [-0.15, -0.1) is 0 Å². The molecule has 0 radical (unpaired) electrons. The number of rotatable bonds is 6. The van der Waals surface area contributed by atoms with Crippen LogP contribution in [0.4, 0.5) is 0 Å². The van der Waals surface area contributed by atoms with Gasteiger partial charge < -0.3 is 21.6 Å². The maximum atomic E-state index is 10.8.